The molecule has 1 aliphatic heterocycles. The van der Waals surface area contributed by atoms with E-state index < -0.39 is 11.3 Å². The van der Waals surface area contributed by atoms with Gasteiger partial charge in [0.2, 0.25) is 5.91 Å². The molecule has 1 fully saturated rings. The molecule has 23 heavy (non-hydrogen) atoms. The van der Waals surface area contributed by atoms with E-state index in [0.717, 1.165) is 19.3 Å². The van der Waals surface area contributed by atoms with Crippen molar-refractivity contribution in [1.29, 1.82) is 0 Å². The summed E-state index contributed by atoms with van der Waals surface area (Å²) in [4.78, 5) is 11.9. The molecule has 3 rings (SSSR count). The first-order valence-corrected chi connectivity index (χ1v) is 8.39. The van der Waals surface area contributed by atoms with Crippen molar-refractivity contribution < 1.29 is 14.3 Å². The van der Waals surface area contributed by atoms with Crippen LogP contribution in [0.4, 0.5) is 0 Å². The molecule has 1 N–H and O–H groups in total. The summed E-state index contributed by atoms with van der Waals surface area (Å²) in [6, 6.07) is 8.43. The molecule has 1 aromatic carbocycles. The Hall–Kier alpha value is -1.39. The normalized spacial score (nSPS) is 28.7. The zero-order valence-corrected chi connectivity index (χ0v) is 14.6. The topological polar surface area (TPSA) is 47.6 Å². The number of amides is 1. The Kier molecular flexibility index (Phi) is 4.01. The van der Waals surface area contributed by atoms with Crippen LogP contribution in [-0.4, -0.2) is 30.4 Å². The van der Waals surface area contributed by atoms with Gasteiger partial charge in [0, 0.05) is 18.8 Å². The molecule has 4 nitrogen and oxygen atoms in total. The van der Waals surface area contributed by atoms with Crippen LogP contribution in [0.25, 0.3) is 0 Å². The number of hydrogen-bond acceptors (Lipinski definition) is 3. The van der Waals surface area contributed by atoms with Crippen LogP contribution in [0, 0.1) is 5.41 Å². The minimum absolute atomic E-state index is 0.00347. The van der Waals surface area contributed by atoms with Gasteiger partial charge >= 0.3 is 0 Å². The molecule has 1 aliphatic carbocycles. The van der Waals surface area contributed by atoms with Crippen molar-refractivity contribution in [2.24, 2.45) is 5.41 Å². The number of carbonyl (C=O) groups excluding carboxylic acids is 1. The maximum Gasteiger partial charge on any atom is 0.217 e. The fourth-order valence-corrected chi connectivity index (χ4v) is 3.71. The van der Waals surface area contributed by atoms with Gasteiger partial charge in [-0.15, -0.1) is 0 Å². The molecule has 1 amide bonds. The summed E-state index contributed by atoms with van der Waals surface area (Å²) in [5.74, 6) is -0.843. The van der Waals surface area contributed by atoms with Gasteiger partial charge in [0.25, 0.3) is 0 Å². The number of ether oxygens (including phenoxy) is 2. The third-order valence-corrected chi connectivity index (χ3v) is 5.19. The molecule has 126 valence electrons. The summed E-state index contributed by atoms with van der Waals surface area (Å²) < 4.78 is 12.4. The van der Waals surface area contributed by atoms with Crippen LogP contribution in [0.5, 0.6) is 0 Å². The van der Waals surface area contributed by atoms with Gasteiger partial charge in [-0.05, 0) is 30.9 Å². The first-order valence-electron chi connectivity index (χ1n) is 8.39. The Morgan fingerprint density at radius 3 is 2.30 bits per heavy atom. The van der Waals surface area contributed by atoms with E-state index >= 15 is 0 Å². The molecule has 0 aromatic heterocycles. The lowest BCUT2D eigenvalue weighted by Crippen LogP contribution is -2.69. The zero-order valence-electron chi connectivity index (χ0n) is 14.6. The van der Waals surface area contributed by atoms with Crippen molar-refractivity contribution in [1.82, 2.24) is 5.32 Å². The van der Waals surface area contributed by atoms with Gasteiger partial charge < -0.3 is 14.8 Å². The SMILES string of the molecule is CC(=O)NC1(C2(C)OCC(C)(C)CO2)CCc2ccccc2C1. The number of aryl methyl sites for hydroxylation is 1. The Balaban J connectivity index is 1.94. The minimum atomic E-state index is -0.804. The number of nitrogens with one attached hydrogen (secondary N) is 1. The van der Waals surface area contributed by atoms with Gasteiger partial charge in [0.15, 0.2) is 5.79 Å². The van der Waals surface area contributed by atoms with E-state index in [1.54, 1.807) is 6.92 Å². The van der Waals surface area contributed by atoms with Crippen LogP contribution in [0.3, 0.4) is 0 Å². The van der Waals surface area contributed by atoms with Gasteiger partial charge in [-0.25, -0.2) is 0 Å². The van der Waals surface area contributed by atoms with Crippen LogP contribution in [-0.2, 0) is 27.1 Å². The number of fused-ring (bicyclic) bond motifs is 1. The lowest BCUT2D eigenvalue weighted by Gasteiger charge is -2.54. The standard InChI is InChI=1S/C19H27NO3/c1-14(21)20-19(18(4)22-12-17(2,3)13-23-18)10-9-15-7-5-6-8-16(15)11-19/h5-8H,9-13H2,1-4H3,(H,20,21). The Morgan fingerprint density at radius 1 is 1.09 bits per heavy atom. The van der Waals surface area contributed by atoms with Crippen LogP contribution < -0.4 is 5.32 Å². The number of benzene rings is 1. The van der Waals surface area contributed by atoms with Crippen LogP contribution in [0.1, 0.15) is 45.2 Å². The average molecular weight is 317 g/mol. The number of carbonyl (C=O) groups is 1. The van der Waals surface area contributed by atoms with Crippen molar-refractivity contribution in [3.8, 4) is 0 Å². The molecule has 1 aromatic rings. The van der Waals surface area contributed by atoms with Gasteiger partial charge in [0.05, 0.1) is 18.8 Å². The maximum absolute atomic E-state index is 11.9. The zero-order chi connectivity index (χ0) is 16.7. The van der Waals surface area contributed by atoms with E-state index in [-0.39, 0.29) is 11.3 Å². The summed E-state index contributed by atoms with van der Waals surface area (Å²) in [5.41, 5.74) is 2.10. The highest BCUT2D eigenvalue weighted by Gasteiger charge is 2.55. The van der Waals surface area contributed by atoms with E-state index in [4.69, 9.17) is 9.47 Å². The molecule has 2 aliphatic rings. The highest BCUT2D eigenvalue weighted by atomic mass is 16.7. The van der Waals surface area contributed by atoms with Gasteiger partial charge in [-0.1, -0.05) is 38.1 Å². The monoisotopic (exact) mass is 317 g/mol. The molecule has 1 saturated heterocycles. The Bertz CT molecular complexity index is 600. The van der Waals surface area contributed by atoms with E-state index in [1.165, 1.54) is 11.1 Å². The van der Waals surface area contributed by atoms with E-state index in [1.807, 2.05) is 6.92 Å². The second-order valence-corrected chi connectivity index (χ2v) is 7.90. The van der Waals surface area contributed by atoms with Crippen LogP contribution in [0.2, 0.25) is 0 Å². The fraction of sp³-hybridized carbons (Fsp3) is 0.632. The lowest BCUT2D eigenvalue weighted by molar-refractivity contribution is -0.323. The van der Waals surface area contributed by atoms with E-state index in [0.29, 0.717) is 13.2 Å². The Morgan fingerprint density at radius 2 is 1.70 bits per heavy atom. The quantitative estimate of drug-likeness (QED) is 0.912. The van der Waals surface area contributed by atoms with Gasteiger partial charge in [0.1, 0.15) is 0 Å². The molecule has 0 radical (unpaired) electrons. The van der Waals surface area contributed by atoms with Gasteiger partial charge in [-0.3, -0.25) is 4.79 Å². The lowest BCUT2D eigenvalue weighted by atomic mass is 9.72. The molecule has 0 saturated carbocycles. The molecule has 4 heteroatoms. The van der Waals surface area contributed by atoms with Crippen molar-refractivity contribution in [2.45, 2.75) is 58.3 Å². The third kappa shape index (κ3) is 3.02. The van der Waals surface area contributed by atoms with E-state index in [9.17, 15) is 4.79 Å². The molecule has 0 spiro atoms. The summed E-state index contributed by atoms with van der Waals surface area (Å²) in [5, 5.41) is 3.18. The molecule has 0 bridgehead atoms. The molecule has 1 atom stereocenters. The average Bonchev–Trinajstić information content (AvgIpc) is 2.50. The number of hydrogen-bond donors (Lipinski definition) is 1. The largest absolute Gasteiger partial charge is 0.347 e. The summed E-state index contributed by atoms with van der Waals surface area (Å²) in [6.45, 7) is 9.07. The first-order chi connectivity index (χ1) is 10.8. The van der Waals surface area contributed by atoms with Crippen LogP contribution >= 0.6 is 0 Å². The predicted molar refractivity (Wildman–Crippen MR) is 89.1 cm³/mol. The second-order valence-electron chi connectivity index (χ2n) is 7.90. The van der Waals surface area contributed by atoms with E-state index in [2.05, 4.69) is 43.4 Å². The third-order valence-electron chi connectivity index (χ3n) is 5.19. The molecular formula is C19H27NO3. The van der Waals surface area contributed by atoms with Gasteiger partial charge in [-0.2, -0.15) is 0 Å². The number of rotatable bonds is 2. The summed E-state index contributed by atoms with van der Waals surface area (Å²) in [6.07, 6.45) is 2.47. The first kappa shape index (κ1) is 16.5. The van der Waals surface area contributed by atoms with Crippen molar-refractivity contribution >= 4 is 5.91 Å². The highest BCUT2D eigenvalue weighted by Crippen LogP contribution is 2.43. The minimum Gasteiger partial charge on any atom is -0.347 e. The van der Waals surface area contributed by atoms with Crippen molar-refractivity contribution in [2.75, 3.05) is 13.2 Å². The molecule has 1 unspecified atom stereocenters. The summed E-state index contributed by atoms with van der Waals surface area (Å²) >= 11 is 0. The van der Waals surface area contributed by atoms with Crippen molar-refractivity contribution in [3.63, 3.8) is 0 Å². The summed E-state index contributed by atoms with van der Waals surface area (Å²) in [7, 11) is 0. The highest BCUT2D eigenvalue weighted by molar-refractivity contribution is 5.74. The molecule has 1 heterocycles. The molecular weight excluding hydrogens is 290 g/mol. The second kappa shape index (κ2) is 5.60. The van der Waals surface area contributed by atoms with Crippen molar-refractivity contribution in [3.05, 3.63) is 35.4 Å². The fourth-order valence-electron chi connectivity index (χ4n) is 3.71. The predicted octanol–water partition coefficient (Wildman–Crippen LogP) is 2.84. The smallest absolute Gasteiger partial charge is 0.217 e. The Labute approximate surface area is 138 Å². The van der Waals surface area contributed by atoms with Crippen LogP contribution in [0.15, 0.2) is 24.3 Å². The maximum atomic E-state index is 11.9.